The van der Waals surface area contributed by atoms with Crippen LogP contribution in [0.25, 0.3) is 0 Å². The van der Waals surface area contributed by atoms with Crippen LogP contribution in [0.1, 0.15) is 28.8 Å². The zero-order valence-electron chi connectivity index (χ0n) is 13.4. The van der Waals surface area contributed by atoms with Gasteiger partial charge in [-0.3, -0.25) is 4.79 Å². The van der Waals surface area contributed by atoms with Gasteiger partial charge in [0.2, 0.25) is 5.91 Å². The van der Waals surface area contributed by atoms with Crippen molar-refractivity contribution in [2.75, 3.05) is 17.7 Å². The second kappa shape index (κ2) is 8.01. The summed E-state index contributed by atoms with van der Waals surface area (Å²) < 4.78 is 5.53. The second-order valence-corrected chi connectivity index (χ2v) is 5.37. The monoisotopic (exact) mass is 328 g/mol. The molecule has 0 aromatic heterocycles. The molecule has 0 bridgehead atoms. The van der Waals surface area contributed by atoms with E-state index in [1.807, 2.05) is 19.1 Å². The van der Waals surface area contributed by atoms with Crippen LogP contribution in [0.4, 0.5) is 11.4 Å². The predicted octanol–water partition coefficient (Wildman–Crippen LogP) is 3.07. The summed E-state index contributed by atoms with van der Waals surface area (Å²) in [5, 5.41) is 11.7. The van der Waals surface area contributed by atoms with Crippen molar-refractivity contribution in [3.05, 3.63) is 53.6 Å². The van der Waals surface area contributed by atoms with Gasteiger partial charge in [0.15, 0.2) is 0 Å². The zero-order chi connectivity index (χ0) is 17.5. The van der Waals surface area contributed by atoms with E-state index < -0.39 is 5.97 Å². The summed E-state index contributed by atoms with van der Waals surface area (Å²) in [6.45, 7) is 2.18. The van der Waals surface area contributed by atoms with E-state index in [2.05, 4.69) is 5.32 Å². The zero-order valence-corrected chi connectivity index (χ0v) is 13.4. The van der Waals surface area contributed by atoms with Crippen LogP contribution in [0.2, 0.25) is 0 Å². The summed E-state index contributed by atoms with van der Waals surface area (Å²) >= 11 is 0. The summed E-state index contributed by atoms with van der Waals surface area (Å²) in [6, 6.07) is 11.8. The van der Waals surface area contributed by atoms with Crippen molar-refractivity contribution in [3.8, 4) is 5.75 Å². The number of ether oxygens (including phenoxy) is 1. The van der Waals surface area contributed by atoms with Crippen molar-refractivity contribution >= 4 is 23.3 Å². The van der Waals surface area contributed by atoms with E-state index in [-0.39, 0.29) is 17.9 Å². The quantitative estimate of drug-likeness (QED) is 0.535. The third-order valence-corrected chi connectivity index (χ3v) is 3.48. The van der Waals surface area contributed by atoms with Gasteiger partial charge in [-0.05, 0) is 43.2 Å². The molecule has 0 unspecified atom stereocenters. The summed E-state index contributed by atoms with van der Waals surface area (Å²) in [4.78, 5) is 23.0. The van der Waals surface area contributed by atoms with E-state index in [0.717, 1.165) is 5.56 Å². The van der Waals surface area contributed by atoms with Gasteiger partial charge in [0.05, 0.1) is 17.9 Å². The largest absolute Gasteiger partial charge is 0.491 e. The van der Waals surface area contributed by atoms with Crippen molar-refractivity contribution in [1.82, 2.24) is 0 Å². The molecule has 6 nitrogen and oxygen atoms in total. The maximum absolute atomic E-state index is 12.0. The molecular formula is C18H20N2O4. The van der Waals surface area contributed by atoms with Gasteiger partial charge in [-0.1, -0.05) is 18.2 Å². The highest BCUT2D eigenvalue weighted by Gasteiger charge is 2.09. The maximum Gasteiger partial charge on any atom is 0.335 e. The van der Waals surface area contributed by atoms with E-state index in [1.165, 1.54) is 12.1 Å². The summed E-state index contributed by atoms with van der Waals surface area (Å²) in [7, 11) is 0. The summed E-state index contributed by atoms with van der Waals surface area (Å²) in [6.07, 6.45) is 0.793. The van der Waals surface area contributed by atoms with Crippen LogP contribution in [0.5, 0.6) is 5.75 Å². The fourth-order valence-corrected chi connectivity index (χ4v) is 2.13. The van der Waals surface area contributed by atoms with Crippen molar-refractivity contribution in [1.29, 1.82) is 0 Å². The van der Waals surface area contributed by atoms with Crippen LogP contribution in [0, 0.1) is 6.92 Å². The summed E-state index contributed by atoms with van der Waals surface area (Å²) in [5.74, 6) is -0.618. The van der Waals surface area contributed by atoms with Crippen LogP contribution in [-0.4, -0.2) is 23.6 Å². The van der Waals surface area contributed by atoms with E-state index in [1.54, 1.807) is 18.2 Å². The number of carboxylic acid groups (broad SMARTS) is 1. The number of para-hydroxylation sites is 2. The van der Waals surface area contributed by atoms with Crippen molar-refractivity contribution < 1.29 is 19.4 Å². The first-order valence-corrected chi connectivity index (χ1v) is 7.58. The molecule has 24 heavy (non-hydrogen) atoms. The lowest BCUT2D eigenvalue weighted by atomic mass is 10.1. The molecule has 0 aliphatic carbocycles. The fourth-order valence-electron chi connectivity index (χ4n) is 2.13. The minimum absolute atomic E-state index is 0.138. The number of rotatable bonds is 7. The molecule has 2 aromatic carbocycles. The molecular weight excluding hydrogens is 308 g/mol. The molecule has 1 amide bonds. The van der Waals surface area contributed by atoms with E-state index in [4.69, 9.17) is 15.6 Å². The normalized spacial score (nSPS) is 10.2. The minimum atomic E-state index is -1.03. The minimum Gasteiger partial charge on any atom is -0.491 e. The van der Waals surface area contributed by atoms with Gasteiger partial charge >= 0.3 is 5.97 Å². The van der Waals surface area contributed by atoms with Crippen molar-refractivity contribution in [2.24, 2.45) is 0 Å². The number of aryl methyl sites for hydroxylation is 1. The molecule has 0 spiro atoms. The third kappa shape index (κ3) is 4.74. The first-order chi connectivity index (χ1) is 11.5. The van der Waals surface area contributed by atoms with Crippen LogP contribution >= 0.6 is 0 Å². The predicted molar refractivity (Wildman–Crippen MR) is 92.4 cm³/mol. The Bertz CT molecular complexity index is 744. The molecule has 0 fully saturated rings. The summed E-state index contributed by atoms with van der Waals surface area (Å²) in [5.41, 5.74) is 7.78. The van der Waals surface area contributed by atoms with Crippen molar-refractivity contribution in [3.63, 3.8) is 0 Å². The Morgan fingerprint density at radius 2 is 1.96 bits per heavy atom. The molecule has 0 atom stereocenters. The number of aromatic carboxylic acids is 1. The molecule has 0 saturated heterocycles. The van der Waals surface area contributed by atoms with E-state index in [9.17, 15) is 9.59 Å². The van der Waals surface area contributed by atoms with E-state index in [0.29, 0.717) is 30.2 Å². The van der Waals surface area contributed by atoms with Gasteiger partial charge in [-0.15, -0.1) is 0 Å². The van der Waals surface area contributed by atoms with Gasteiger partial charge in [0, 0.05) is 12.1 Å². The number of benzene rings is 2. The number of nitrogens with two attached hydrogens (primary N) is 1. The average Bonchev–Trinajstić information content (AvgIpc) is 2.55. The molecule has 0 saturated carbocycles. The SMILES string of the molecule is Cc1ccc(C(=O)O)cc1NC(=O)CCCOc1ccccc1N. The Labute approximate surface area is 140 Å². The molecule has 0 heterocycles. The number of nitrogens with one attached hydrogen (secondary N) is 1. The first-order valence-electron chi connectivity index (χ1n) is 7.58. The van der Waals surface area contributed by atoms with Crippen molar-refractivity contribution in [2.45, 2.75) is 19.8 Å². The Hall–Kier alpha value is -3.02. The Morgan fingerprint density at radius 1 is 1.21 bits per heavy atom. The van der Waals surface area contributed by atoms with Gasteiger partial charge in [-0.25, -0.2) is 4.79 Å². The van der Waals surface area contributed by atoms with Gasteiger partial charge in [0.1, 0.15) is 5.75 Å². The average molecular weight is 328 g/mol. The number of carbonyl (C=O) groups excluding carboxylic acids is 1. The molecule has 6 heteroatoms. The van der Waals surface area contributed by atoms with Crippen LogP contribution < -0.4 is 15.8 Å². The molecule has 2 aromatic rings. The first kappa shape index (κ1) is 17.3. The number of nitrogen functional groups attached to an aromatic ring is 1. The van der Waals surface area contributed by atoms with Crippen LogP contribution in [0.3, 0.4) is 0 Å². The molecule has 126 valence electrons. The number of hydrogen-bond donors (Lipinski definition) is 3. The lowest BCUT2D eigenvalue weighted by Gasteiger charge is -2.10. The van der Waals surface area contributed by atoms with Crippen LogP contribution in [-0.2, 0) is 4.79 Å². The number of hydrogen-bond acceptors (Lipinski definition) is 4. The smallest absolute Gasteiger partial charge is 0.335 e. The van der Waals surface area contributed by atoms with Gasteiger partial charge in [-0.2, -0.15) is 0 Å². The third-order valence-electron chi connectivity index (χ3n) is 3.48. The molecule has 4 N–H and O–H groups in total. The number of amides is 1. The molecule has 2 rings (SSSR count). The van der Waals surface area contributed by atoms with Gasteiger partial charge < -0.3 is 20.9 Å². The molecule has 0 aliphatic heterocycles. The Kier molecular flexibility index (Phi) is 5.78. The standard InChI is InChI=1S/C18H20N2O4/c1-12-8-9-13(18(22)23)11-15(12)20-17(21)7-4-10-24-16-6-3-2-5-14(16)19/h2-3,5-6,8-9,11H,4,7,10,19H2,1H3,(H,20,21)(H,22,23). The van der Waals surface area contributed by atoms with Gasteiger partial charge in [0.25, 0.3) is 0 Å². The number of anilines is 2. The lowest BCUT2D eigenvalue weighted by Crippen LogP contribution is -2.14. The second-order valence-electron chi connectivity index (χ2n) is 5.37. The van der Waals surface area contributed by atoms with E-state index >= 15 is 0 Å². The lowest BCUT2D eigenvalue weighted by molar-refractivity contribution is -0.116. The highest BCUT2D eigenvalue weighted by atomic mass is 16.5. The Balaban J connectivity index is 1.82. The highest BCUT2D eigenvalue weighted by molar-refractivity contribution is 5.94. The number of carbonyl (C=O) groups is 2. The number of carboxylic acids is 1. The maximum atomic E-state index is 12.0. The highest BCUT2D eigenvalue weighted by Crippen LogP contribution is 2.20. The van der Waals surface area contributed by atoms with Crippen LogP contribution in [0.15, 0.2) is 42.5 Å². The molecule has 0 radical (unpaired) electrons. The fraction of sp³-hybridized carbons (Fsp3) is 0.222. The Morgan fingerprint density at radius 3 is 2.67 bits per heavy atom. The molecule has 0 aliphatic rings. The topological polar surface area (TPSA) is 102 Å².